The summed E-state index contributed by atoms with van der Waals surface area (Å²) in [6.07, 6.45) is 0. The molecular formula is C10H14N2O2. The van der Waals surface area contributed by atoms with E-state index in [1.807, 2.05) is 0 Å². The molecule has 4 heteroatoms. The van der Waals surface area contributed by atoms with Crippen LogP contribution in [-0.2, 0) is 6.61 Å². The Kier molecular flexibility index (Phi) is 3.09. The van der Waals surface area contributed by atoms with E-state index in [4.69, 9.17) is 10.8 Å². The second kappa shape index (κ2) is 4.11. The number of hydrogen-bond donors (Lipinski definition) is 2. The summed E-state index contributed by atoms with van der Waals surface area (Å²) in [7, 11) is 3.32. The van der Waals surface area contributed by atoms with Crippen molar-refractivity contribution >= 4 is 11.6 Å². The molecule has 0 aliphatic carbocycles. The molecule has 0 heterocycles. The molecule has 1 amide bonds. The molecule has 0 saturated carbocycles. The van der Waals surface area contributed by atoms with Crippen LogP contribution < -0.4 is 5.73 Å². The maximum atomic E-state index is 11.6. The Morgan fingerprint density at radius 2 is 2.14 bits per heavy atom. The Hall–Kier alpha value is -1.55. The lowest BCUT2D eigenvalue weighted by Gasteiger charge is -2.13. The number of nitrogens with zero attached hydrogens (tertiary/aromatic N) is 1. The first-order chi connectivity index (χ1) is 6.56. The molecule has 4 nitrogen and oxygen atoms in total. The fourth-order valence-electron chi connectivity index (χ4n) is 1.17. The van der Waals surface area contributed by atoms with Crippen molar-refractivity contribution in [2.45, 2.75) is 6.61 Å². The number of carbonyl (C=O) groups is 1. The Bertz CT molecular complexity index is 348. The third-order valence-electron chi connectivity index (χ3n) is 1.94. The highest BCUT2D eigenvalue weighted by molar-refractivity contribution is 5.96. The summed E-state index contributed by atoms with van der Waals surface area (Å²) in [5.41, 5.74) is 7.14. The van der Waals surface area contributed by atoms with Gasteiger partial charge in [-0.3, -0.25) is 4.79 Å². The summed E-state index contributed by atoms with van der Waals surface area (Å²) < 4.78 is 0. The van der Waals surface area contributed by atoms with Crippen LogP contribution in [0, 0.1) is 0 Å². The fraction of sp³-hybridized carbons (Fsp3) is 0.300. The van der Waals surface area contributed by atoms with E-state index < -0.39 is 0 Å². The van der Waals surface area contributed by atoms with Gasteiger partial charge in [0.25, 0.3) is 5.91 Å². The molecule has 1 aromatic carbocycles. The second-order valence-corrected chi connectivity index (χ2v) is 3.27. The number of carbonyl (C=O) groups excluding carboxylic acids is 1. The molecule has 0 aromatic heterocycles. The first-order valence-electron chi connectivity index (χ1n) is 4.27. The Balaban J connectivity index is 3.17. The van der Waals surface area contributed by atoms with Gasteiger partial charge in [0.2, 0.25) is 0 Å². The highest BCUT2D eigenvalue weighted by atomic mass is 16.3. The summed E-state index contributed by atoms with van der Waals surface area (Å²) in [4.78, 5) is 13.1. The molecule has 0 saturated heterocycles. The van der Waals surface area contributed by atoms with Crippen molar-refractivity contribution in [3.05, 3.63) is 29.3 Å². The molecule has 3 N–H and O–H groups in total. The van der Waals surface area contributed by atoms with E-state index in [1.54, 1.807) is 32.3 Å². The zero-order valence-corrected chi connectivity index (χ0v) is 8.32. The van der Waals surface area contributed by atoms with Gasteiger partial charge in [-0.1, -0.05) is 6.07 Å². The van der Waals surface area contributed by atoms with Gasteiger partial charge >= 0.3 is 0 Å². The Labute approximate surface area is 82.9 Å². The van der Waals surface area contributed by atoms with Crippen LogP contribution in [0.5, 0.6) is 0 Å². The number of benzene rings is 1. The number of nitrogens with two attached hydrogens (primary N) is 1. The van der Waals surface area contributed by atoms with E-state index in [2.05, 4.69) is 0 Å². The highest BCUT2D eigenvalue weighted by Gasteiger charge is 2.12. The van der Waals surface area contributed by atoms with E-state index in [0.29, 0.717) is 16.8 Å². The largest absolute Gasteiger partial charge is 0.399 e. The topological polar surface area (TPSA) is 66.6 Å². The number of amides is 1. The molecule has 0 atom stereocenters. The lowest BCUT2D eigenvalue weighted by molar-refractivity contribution is 0.0824. The van der Waals surface area contributed by atoms with Crippen molar-refractivity contribution in [2.75, 3.05) is 19.8 Å². The smallest absolute Gasteiger partial charge is 0.253 e. The van der Waals surface area contributed by atoms with Crippen LogP contribution in [0.1, 0.15) is 15.9 Å². The van der Waals surface area contributed by atoms with Crippen molar-refractivity contribution in [3.63, 3.8) is 0 Å². The van der Waals surface area contributed by atoms with Crippen LogP contribution in [0.25, 0.3) is 0 Å². The van der Waals surface area contributed by atoms with Crippen molar-refractivity contribution in [1.29, 1.82) is 0 Å². The average molecular weight is 194 g/mol. The van der Waals surface area contributed by atoms with E-state index in [-0.39, 0.29) is 12.5 Å². The first kappa shape index (κ1) is 10.5. The van der Waals surface area contributed by atoms with Gasteiger partial charge in [-0.2, -0.15) is 0 Å². The van der Waals surface area contributed by atoms with E-state index >= 15 is 0 Å². The van der Waals surface area contributed by atoms with Gasteiger partial charge in [-0.25, -0.2) is 0 Å². The molecule has 0 bridgehead atoms. The van der Waals surface area contributed by atoms with Crippen LogP contribution in [-0.4, -0.2) is 30.0 Å². The molecule has 0 fully saturated rings. The maximum Gasteiger partial charge on any atom is 0.253 e. The molecule has 0 radical (unpaired) electrons. The first-order valence-corrected chi connectivity index (χ1v) is 4.27. The minimum absolute atomic E-state index is 0.152. The zero-order valence-electron chi connectivity index (χ0n) is 8.32. The fourth-order valence-corrected chi connectivity index (χ4v) is 1.17. The molecule has 14 heavy (non-hydrogen) atoms. The van der Waals surface area contributed by atoms with Crippen LogP contribution in [0.2, 0.25) is 0 Å². The van der Waals surface area contributed by atoms with Gasteiger partial charge in [0.15, 0.2) is 0 Å². The van der Waals surface area contributed by atoms with Gasteiger partial charge in [0, 0.05) is 25.3 Å². The van der Waals surface area contributed by atoms with Crippen molar-refractivity contribution in [3.8, 4) is 0 Å². The monoisotopic (exact) mass is 194 g/mol. The molecule has 1 aromatic rings. The van der Waals surface area contributed by atoms with Gasteiger partial charge in [-0.05, 0) is 17.7 Å². The van der Waals surface area contributed by atoms with E-state index in [9.17, 15) is 4.79 Å². The SMILES string of the molecule is CN(C)C(=O)c1cc(N)ccc1CO. The van der Waals surface area contributed by atoms with Crippen LogP contribution in [0.3, 0.4) is 0 Å². The van der Waals surface area contributed by atoms with Crippen molar-refractivity contribution < 1.29 is 9.90 Å². The summed E-state index contributed by atoms with van der Waals surface area (Å²) in [6.45, 7) is -0.158. The normalized spacial score (nSPS) is 9.93. The lowest BCUT2D eigenvalue weighted by atomic mass is 10.1. The number of aliphatic hydroxyl groups is 1. The van der Waals surface area contributed by atoms with Gasteiger partial charge in [0.1, 0.15) is 0 Å². The standard InChI is InChI=1S/C10H14N2O2/c1-12(2)10(14)9-5-8(11)4-3-7(9)6-13/h3-5,13H,6,11H2,1-2H3. The highest BCUT2D eigenvalue weighted by Crippen LogP contribution is 2.15. The third-order valence-corrected chi connectivity index (χ3v) is 1.94. The van der Waals surface area contributed by atoms with Crippen LogP contribution >= 0.6 is 0 Å². The van der Waals surface area contributed by atoms with Crippen LogP contribution in [0.15, 0.2) is 18.2 Å². The predicted octanol–water partition coefficient (Wildman–Crippen LogP) is 0.463. The molecule has 0 aliphatic heterocycles. The van der Waals surface area contributed by atoms with Gasteiger partial charge < -0.3 is 15.7 Å². The molecule has 1 rings (SSSR count). The minimum Gasteiger partial charge on any atom is -0.399 e. The maximum absolute atomic E-state index is 11.6. The number of aliphatic hydroxyl groups excluding tert-OH is 1. The van der Waals surface area contributed by atoms with Crippen molar-refractivity contribution in [1.82, 2.24) is 4.90 Å². The number of anilines is 1. The molecule has 76 valence electrons. The zero-order chi connectivity index (χ0) is 10.7. The van der Waals surface area contributed by atoms with E-state index in [1.165, 1.54) is 4.90 Å². The number of rotatable bonds is 2. The molecule has 0 aliphatic rings. The summed E-state index contributed by atoms with van der Waals surface area (Å²) in [5.74, 6) is -0.152. The van der Waals surface area contributed by atoms with Crippen molar-refractivity contribution in [2.24, 2.45) is 0 Å². The summed E-state index contributed by atoms with van der Waals surface area (Å²) in [5, 5.41) is 9.03. The summed E-state index contributed by atoms with van der Waals surface area (Å²) >= 11 is 0. The summed E-state index contributed by atoms with van der Waals surface area (Å²) in [6, 6.07) is 4.90. The predicted molar refractivity (Wildman–Crippen MR) is 54.8 cm³/mol. The quantitative estimate of drug-likeness (QED) is 0.672. The molecular weight excluding hydrogens is 180 g/mol. The Morgan fingerprint density at radius 1 is 1.50 bits per heavy atom. The number of hydrogen-bond acceptors (Lipinski definition) is 3. The lowest BCUT2D eigenvalue weighted by Crippen LogP contribution is -2.23. The molecule has 0 unspecified atom stereocenters. The average Bonchev–Trinajstić information content (AvgIpc) is 2.16. The third kappa shape index (κ3) is 2.03. The Morgan fingerprint density at radius 3 is 2.64 bits per heavy atom. The molecule has 0 spiro atoms. The second-order valence-electron chi connectivity index (χ2n) is 3.27. The van der Waals surface area contributed by atoms with Gasteiger partial charge in [-0.15, -0.1) is 0 Å². The minimum atomic E-state index is -0.158. The number of nitrogen functional groups attached to an aromatic ring is 1. The van der Waals surface area contributed by atoms with E-state index in [0.717, 1.165) is 0 Å². The van der Waals surface area contributed by atoms with Gasteiger partial charge in [0.05, 0.1) is 6.61 Å². The van der Waals surface area contributed by atoms with Crippen LogP contribution in [0.4, 0.5) is 5.69 Å².